The second-order valence-corrected chi connectivity index (χ2v) is 6.25. The molecule has 132 valence electrons. The molecule has 1 aliphatic rings. The number of carbonyl (C=O) groups is 1. The maximum absolute atomic E-state index is 12.4. The van der Waals surface area contributed by atoms with Crippen molar-refractivity contribution in [2.75, 3.05) is 11.9 Å². The maximum Gasteiger partial charge on any atom is 0.282 e. The molecule has 0 saturated carbocycles. The van der Waals surface area contributed by atoms with Crippen LogP contribution in [0.25, 0.3) is 0 Å². The number of hydrogen-bond donors (Lipinski definition) is 1. The average Bonchev–Trinajstić information content (AvgIpc) is 3.02. The highest BCUT2D eigenvalue weighted by atomic mass is 35.5. The molecule has 1 aliphatic heterocycles. The monoisotopic (exact) mass is 364 g/mol. The first kappa shape index (κ1) is 17.4. The van der Waals surface area contributed by atoms with Gasteiger partial charge in [0.1, 0.15) is 5.56 Å². The maximum atomic E-state index is 12.4. The molecule has 1 amide bonds. The fourth-order valence-corrected chi connectivity index (χ4v) is 2.91. The lowest BCUT2D eigenvalue weighted by atomic mass is 10.1. The molecule has 25 heavy (non-hydrogen) atoms. The molecule has 0 radical (unpaired) electrons. The van der Waals surface area contributed by atoms with Gasteiger partial charge < -0.3 is 10.1 Å². The van der Waals surface area contributed by atoms with Gasteiger partial charge >= 0.3 is 0 Å². The van der Waals surface area contributed by atoms with E-state index in [4.69, 9.17) is 16.3 Å². The minimum atomic E-state index is -0.616. The third-order valence-corrected chi connectivity index (χ3v) is 4.19. The molecule has 1 aromatic carbocycles. The number of nitro benzene ring substituents is 1. The van der Waals surface area contributed by atoms with Crippen molar-refractivity contribution in [3.05, 3.63) is 51.3 Å². The van der Waals surface area contributed by atoms with Crippen LogP contribution >= 0.6 is 11.6 Å². The second kappa shape index (κ2) is 7.62. The van der Waals surface area contributed by atoms with E-state index in [2.05, 4.69) is 10.4 Å². The third kappa shape index (κ3) is 4.34. The van der Waals surface area contributed by atoms with E-state index in [1.165, 1.54) is 24.4 Å². The van der Waals surface area contributed by atoms with Crippen molar-refractivity contribution >= 4 is 28.9 Å². The number of anilines is 1. The summed E-state index contributed by atoms with van der Waals surface area (Å²) in [6.45, 7) is 1.36. The number of nitrogens with one attached hydrogen (secondary N) is 1. The summed E-state index contributed by atoms with van der Waals surface area (Å²) >= 11 is 5.85. The number of halogens is 1. The summed E-state index contributed by atoms with van der Waals surface area (Å²) in [4.78, 5) is 22.8. The van der Waals surface area contributed by atoms with Gasteiger partial charge in [0, 0.05) is 23.9 Å². The van der Waals surface area contributed by atoms with Gasteiger partial charge in [-0.2, -0.15) is 5.10 Å². The van der Waals surface area contributed by atoms with Gasteiger partial charge in [0.2, 0.25) is 0 Å². The molecular formula is C16H17ClN4O4. The Bertz CT molecular complexity index is 786. The summed E-state index contributed by atoms with van der Waals surface area (Å²) in [6, 6.07) is 3.86. The van der Waals surface area contributed by atoms with Crippen LogP contribution in [-0.2, 0) is 11.3 Å². The number of aromatic nitrogens is 2. The molecule has 3 rings (SSSR count). The summed E-state index contributed by atoms with van der Waals surface area (Å²) in [5.41, 5.74) is 0.0563. The quantitative estimate of drug-likeness (QED) is 0.648. The van der Waals surface area contributed by atoms with Crippen molar-refractivity contribution in [1.29, 1.82) is 0 Å². The topological polar surface area (TPSA) is 99.3 Å². The van der Waals surface area contributed by atoms with Gasteiger partial charge in [-0.15, -0.1) is 0 Å². The first-order valence-electron chi connectivity index (χ1n) is 7.92. The van der Waals surface area contributed by atoms with Crippen LogP contribution in [0.5, 0.6) is 0 Å². The zero-order valence-corrected chi connectivity index (χ0v) is 14.1. The van der Waals surface area contributed by atoms with Gasteiger partial charge in [-0.25, -0.2) is 0 Å². The van der Waals surface area contributed by atoms with Crippen molar-refractivity contribution in [2.45, 2.75) is 31.9 Å². The van der Waals surface area contributed by atoms with E-state index >= 15 is 0 Å². The summed E-state index contributed by atoms with van der Waals surface area (Å²) < 4.78 is 7.35. The lowest BCUT2D eigenvalue weighted by molar-refractivity contribution is -0.385. The van der Waals surface area contributed by atoms with E-state index in [1.807, 2.05) is 0 Å². The Morgan fingerprint density at radius 3 is 3.04 bits per heavy atom. The van der Waals surface area contributed by atoms with Crippen LogP contribution in [-0.4, -0.2) is 33.3 Å². The molecule has 1 N–H and O–H groups in total. The van der Waals surface area contributed by atoms with Crippen LogP contribution in [0.4, 0.5) is 11.4 Å². The lowest BCUT2D eigenvalue weighted by Crippen LogP contribution is -2.24. The molecule has 0 bridgehead atoms. The Morgan fingerprint density at radius 2 is 2.32 bits per heavy atom. The van der Waals surface area contributed by atoms with Crippen LogP contribution in [0.15, 0.2) is 30.6 Å². The van der Waals surface area contributed by atoms with Gasteiger partial charge in [-0.3, -0.25) is 19.6 Å². The van der Waals surface area contributed by atoms with E-state index in [0.29, 0.717) is 12.2 Å². The predicted octanol–water partition coefficient (Wildman–Crippen LogP) is 3.27. The summed E-state index contributed by atoms with van der Waals surface area (Å²) in [7, 11) is 0. The molecule has 1 saturated heterocycles. The highest BCUT2D eigenvalue weighted by molar-refractivity contribution is 6.31. The lowest BCUT2D eigenvalue weighted by Gasteiger charge is -2.22. The zero-order chi connectivity index (χ0) is 17.8. The van der Waals surface area contributed by atoms with E-state index in [1.54, 1.807) is 10.9 Å². The van der Waals surface area contributed by atoms with Gasteiger partial charge in [-0.1, -0.05) is 11.6 Å². The number of nitro groups is 1. The summed E-state index contributed by atoms with van der Waals surface area (Å²) in [6.07, 6.45) is 6.48. The number of ether oxygens (including phenoxy) is 1. The van der Waals surface area contributed by atoms with E-state index in [-0.39, 0.29) is 22.4 Å². The SMILES string of the molecule is O=C(Nc1cnn(CC2CCCCO2)c1)c1cc(Cl)ccc1[N+](=O)[O-]. The van der Waals surface area contributed by atoms with Crippen molar-refractivity contribution in [1.82, 2.24) is 9.78 Å². The van der Waals surface area contributed by atoms with Crippen LogP contribution < -0.4 is 5.32 Å². The van der Waals surface area contributed by atoms with Crippen molar-refractivity contribution in [3.63, 3.8) is 0 Å². The smallest absolute Gasteiger partial charge is 0.282 e. The first-order chi connectivity index (χ1) is 12.0. The van der Waals surface area contributed by atoms with Gasteiger partial charge in [-0.05, 0) is 31.4 Å². The molecule has 9 heteroatoms. The van der Waals surface area contributed by atoms with Gasteiger partial charge in [0.05, 0.1) is 29.5 Å². The molecule has 1 fully saturated rings. The molecule has 1 aromatic heterocycles. The number of rotatable bonds is 5. The molecule has 1 unspecified atom stereocenters. The van der Waals surface area contributed by atoms with Crippen molar-refractivity contribution in [3.8, 4) is 0 Å². The van der Waals surface area contributed by atoms with E-state index in [0.717, 1.165) is 25.9 Å². The minimum Gasteiger partial charge on any atom is -0.376 e. The van der Waals surface area contributed by atoms with Crippen LogP contribution in [0.1, 0.15) is 29.6 Å². The standard InChI is InChI=1S/C16H17ClN4O4/c17-11-4-5-15(21(23)24)14(7-11)16(22)19-12-8-18-20(9-12)10-13-3-1-2-6-25-13/h4-5,7-9,13H,1-3,6,10H2,(H,19,22). The number of hydrogen-bond acceptors (Lipinski definition) is 5. The molecule has 1 atom stereocenters. The van der Waals surface area contributed by atoms with Crippen LogP contribution in [0.2, 0.25) is 5.02 Å². The largest absolute Gasteiger partial charge is 0.376 e. The average molecular weight is 365 g/mol. The molecular weight excluding hydrogens is 348 g/mol. The Morgan fingerprint density at radius 1 is 1.48 bits per heavy atom. The van der Waals surface area contributed by atoms with Gasteiger partial charge in [0.25, 0.3) is 11.6 Å². The Hall–Kier alpha value is -2.45. The number of nitrogens with zero attached hydrogens (tertiary/aromatic N) is 3. The van der Waals surface area contributed by atoms with Crippen molar-refractivity contribution < 1.29 is 14.5 Å². The molecule has 0 aliphatic carbocycles. The number of amides is 1. The zero-order valence-electron chi connectivity index (χ0n) is 13.4. The number of benzene rings is 1. The van der Waals surface area contributed by atoms with Crippen LogP contribution in [0, 0.1) is 10.1 Å². The Labute approximate surface area is 148 Å². The first-order valence-corrected chi connectivity index (χ1v) is 8.30. The summed E-state index contributed by atoms with van der Waals surface area (Å²) in [5, 5.41) is 18.1. The fourth-order valence-electron chi connectivity index (χ4n) is 2.74. The Kier molecular flexibility index (Phi) is 5.30. The minimum absolute atomic E-state index is 0.0964. The Balaban J connectivity index is 1.69. The third-order valence-electron chi connectivity index (χ3n) is 3.96. The highest BCUT2D eigenvalue weighted by Gasteiger charge is 2.21. The van der Waals surface area contributed by atoms with Gasteiger partial charge in [0.15, 0.2) is 0 Å². The van der Waals surface area contributed by atoms with E-state index in [9.17, 15) is 14.9 Å². The molecule has 2 heterocycles. The van der Waals surface area contributed by atoms with Crippen LogP contribution in [0.3, 0.4) is 0 Å². The normalized spacial score (nSPS) is 17.2. The second-order valence-electron chi connectivity index (χ2n) is 5.81. The fraction of sp³-hybridized carbons (Fsp3) is 0.375. The highest BCUT2D eigenvalue weighted by Crippen LogP contribution is 2.24. The molecule has 2 aromatic rings. The summed E-state index contributed by atoms with van der Waals surface area (Å²) in [5.74, 6) is -0.609. The van der Waals surface area contributed by atoms with Crippen molar-refractivity contribution in [2.24, 2.45) is 0 Å². The molecule has 0 spiro atoms. The molecule has 8 nitrogen and oxygen atoms in total. The number of carbonyl (C=O) groups excluding carboxylic acids is 1. The van der Waals surface area contributed by atoms with E-state index < -0.39 is 10.8 Å². The predicted molar refractivity (Wildman–Crippen MR) is 91.9 cm³/mol.